The van der Waals surface area contributed by atoms with E-state index < -0.39 is 6.49 Å². The van der Waals surface area contributed by atoms with Gasteiger partial charge in [-0.15, -0.1) is 0 Å². The van der Waals surface area contributed by atoms with Crippen molar-refractivity contribution in [1.29, 1.82) is 0 Å². The standard InChI is InChI=1S/C16H28NO2PS/c1-13(17-5)15(14-10-8-7-9-11-14)19-20(6,21)18-12-16(2,3)4/h7-11,13,15,17H,12H2,1-6H3. The third kappa shape index (κ3) is 7.03. The Morgan fingerprint density at radius 2 is 1.81 bits per heavy atom. The van der Waals surface area contributed by atoms with Gasteiger partial charge in [0.1, 0.15) is 6.10 Å². The molecule has 0 aliphatic rings. The van der Waals surface area contributed by atoms with E-state index in [1.165, 1.54) is 0 Å². The summed E-state index contributed by atoms with van der Waals surface area (Å²) < 4.78 is 12.1. The number of hydrogen-bond acceptors (Lipinski definition) is 4. The topological polar surface area (TPSA) is 30.5 Å². The van der Waals surface area contributed by atoms with Crippen molar-refractivity contribution < 1.29 is 9.05 Å². The molecule has 1 aromatic rings. The van der Waals surface area contributed by atoms with Gasteiger partial charge < -0.3 is 14.4 Å². The van der Waals surface area contributed by atoms with Crippen molar-refractivity contribution in [2.24, 2.45) is 5.41 Å². The Hall–Kier alpha value is -0.250. The van der Waals surface area contributed by atoms with Crippen LogP contribution >= 0.6 is 6.49 Å². The monoisotopic (exact) mass is 329 g/mol. The first-order valence-corrected chi connectivity index (χ1v) is 10.4. The fourth-order valence-electron chi connectivity index (χ4n) is 1.78. The van der Waals surface area contributed by atoms with Gasteiger partial charge in [-0.1, -0.05) is 51.1 Å². The fraction of sp³-hybridized carbons (Fsp3) is 0.625. The lowest BCUT2D eigenvalue weighted by Crippen LogP contribution is -2.30. The first-order valence-electron chi connectivity index (χ1n) is 7.27. The van der Waals surface area contributed by atoms with Crippen molar-refractivity contribution in [2.75, 3.05) is 20.3 Å². The molecule has 3 unspecified atom stereocenters. The maximum absolute atomic E-state index is 6.21. The zero-order valence-corrected chi connectivity index (χ0v) is 15.6. The van der Waals surface area contributed by atoms with E-state index in [1.54, 1.807) is 0 Å². The molecule has 0 bridgehead atoms. The largest absolute Gasteiger partial charge is 0.329 e. The molecule has 3 nitrogen and oxygen atoms in total. The van der Waals surface area contributed by atoms with Gasteiger partial charge in [-0.25, -0.2) is 0 Å². The molecule has 0 aromatic heterocycles. The molecule has 1 N–H and O–H groups in total. The van der Waals surface area contributed by atoms with Crippen LogP contribution in [0.5, 0.6) is 0 Å². The zero-order chi connectivity index (χ0) is 16.1. The van der Waals surface area contributed by atoms with Gasteiger partial charge in [-0.3, -0.25) is 0 Å². The molecular formula is C16H28NO2PS. The highest BCUT2D eigenvalue weighted by molar-refractivity contribution is 8.09. The molecule has 120 valence electrons. The highest BCUT2D eigenvalue weighted by atomic mass is 32.5. The summed E-state index contributed by atoms with van der Waals surface area (Å²) in [5.41, 5.74) is 1.20. The second kappa shape index (κ2) is 7.85. The van der Waals surface area contributed by atoms with Crippen LogP contribution in [-0.2, 0) is 20.9 Å². The van der Waals surface area contributed by atoms with Gasteiger partial charge in [0.15, 0.2) is 6.49 Å². The number of likely N-dealkylation sites (N-methyl/N-ethyl adjacent to an activating group) is 1. The van der Waals surface area contributed by atoms with Gasteiger partial charge in [-0.2, -0.15) is 0 Å². The fourth-order valence-corrected chi connectivity index (χ4v) is 3.62. The lowest BCUT2D eigenvalue weighted by Gasteiger charge is -2.31. The first kappa shape index (κ1) is 18.8. The van der Waals surface area contributed by atoms with Gasteiger partial charge in [0.2, 0.25) is 0 Å². The first-order chi connectivity index (χ1) is 9.64. The predicted molar refractivity (Wildman–Crippen MR) is 94.4 cm³/mol. The third-order valence-corrected chi connectivity index (χ3v) is 4.86. The highest BCUT2D eigenvalue weighted by Gasteiger charge is 2.26. The molecule has 1 rings (SSSR count). The molecular weight excluding hydrogens is 301 g/mol. The Balaban J connectivity index is 2.84. The Bertz CT molecular complexity index is 473. The van der Waals surface area contributed by atoms with E-state index in [0.717, 1.165) is 5.56 Å². The SMILES string of the molecule is CNC(C)C(OP(C)(=S)OCC(C)(C)C)c1ccccc1. The minimum Gasteiger partial charge on any atom is -0.329 e. The van der Waals surface area contributed by atoms with E-state index in [-0.39, 0.29) is 17.6 Å². The van der Waals surface area contributed by atoms with Crippen molar-refractivity contribution in [2.45, 2.75) is 39.8 Å². The molecule has 1 aromatic carbocycles. The number of benzene rings is 1. The van der Waals surface area contributed by atoms with Crippen LogP contribution in [-0.4, -0.2) is 26.4 Å². The number of nitrogens with one attached hydrogen (secondary N) is 1. The molecule has 0 radical (unpaired) electrons. The Morgan fingerprint density at radius 3 is 2.29 bits per heavy atom. The smallest absolute Gasteiger partial charge is 0.186 e. The van der Waals surface area contributed by atoms with Crippen molar-refractivity contribution in [1.82, 2.24) is 5.32 Å². The molecule has 0 amide bonds. The van der Waals surface area contributed by atoms with E-state index in [0.29, 0.717) is 6.61 Å². The summed E-state index contributed by atoms with van der Waals surface area (Å²) in [5, 5.41) is 3.25. The van der Waals surface area contributed by atoms with Gasteiger partial charge in [0.05, 0.1) is 6.61 Å². The van der Waals surface area contributed by atoms with Gasteiger partial charge in [0.25, 0.3) is 0 Å². The Morgan fingerprint density at radius 1 is 1.24 bits per heavy atom. The summed E-state index contributed by atoms with van der Waals surface area (Å²) in [6, 6.07) is 10.3. The molecule has 0 fully saturated rings. The van der Waals surface area contributed by atoms with Crippen molar-refractivity contribution in [3.05, 3.63) is 35.9 Å². The van der Waals surface area contributed by atoms with Crippen LogP contribution in [0.1, 0.15) is 39.4 Å². The summed E-state index contributed by atoms with van der Waals surface area (Å²) in [6.07, 6.45) is -0.105. The van der Waals surface area contributed by atoms with E-state index >= 15 is 0 Å². The molecule has 0 saturated heterocycles. The average Bonchev–Trinajstić information content (AvgIpc) is 2.42. The van der Waals surface area contributed by atoms with Crippen molar-refractivity contribution >= 4 is 18.3 Å². The normalized spacial score (nSPS) is 18.0. The van der Waals surface area contributed by atoms with Gasteiger partial charge in [0, 0.05) is 12.7 Å². The van der Waals surface area contributed by atoms with Crippen LogP contribution in [0, 0.1) is 5.41 Å². The van der Waals surface area contributed by atoms with E-state index in [9.17, 15) is 0 Å². The van der Waals surface area contributed by atoms with Crippen molar-refractivity contribution in [3.63, 3.8) is 0 Å². The summed E-state index contributed by atoms with van der Waals surface area (Å²) in [7, 11) is 1.93. The molecule has 0 aliphatic carbocycles. The lowest BCUT2D eigenvalue weighted by atomic mass is 9.99. The second-order valence-electron chi connectivity index (χ2n) is 6.62. The third-order valence-electron chi connectivity index (χ3n) is 3.07. The summed E-state index contributed by atoms with van der Waals surface area (Å²) in [6.45, 7) is 8.72. The van der Waals surface area contributed by atoms with Crippen molar-refractivity contribution in [3.8, 4) is 0 Å². The molecule has 0 saturated carbocycles. The molecule has 3 atom stereocenters. The minimum absolute atomic E-state index is 0.0836. The molecule has 0 aliphatic heterocycles. The highest BCUT2D eigenvalue weighted by Crippen LogP contribution is 2.50. The Kier molecular flexibility index (Phi) is 7.02. The number of hydrogen-bond donors (Lipinski definition) is 1. The molecule has 5 heteroatoms. The maximum Gasteiger partial charge on any atom is 0.186 e. The molecule has 21 heavy (non-hydrogen) atoms. The summed E-state index contributed by atoms with van der Waals surface area (Å²) in [4.78, 5) is 0. The molecule has 0 spiro atoms. The van der Waals surface area contributed by atoms with Gasteiger partial charge in [-0.05, 0) is 36.8 Å². The predicted octanol–water partition coefficient (Wildman–Crippen LogP) is 4.35. The summed E-state index contributed by atoms with van der Waals surface area (Å²) >= 11 is 5.59. The van der Waals surface area contributed by atoms with E-state index in [1.807, 2.05) is 31.9 Å². The van der Waals surface area contributed by atoms with Crippen LogP contribution < -0.4 is 5.32 Å². The summed E-state index contributed by atoms with van der Waals surface area (Å²) in [5.74, 6) is 0. The van der Waals surface area contributed by atoms with Crippen LogP contribution in [0.4, 0.5) is 0 Å². The van der Waals surface area contributed by atoms with E-state index in [2.05, 4.69) is 45.1 Å². The quantitative estimate of drug-likeness (QED) is 0.753. The molecule has 0 heterocycles. The van der Waals surface area contributed by atoms with Crippen LogP contribution in [0.3, 0.4) is 0 Å². The Labute approximate surface area is 134 Å². The zero-order valence-electron chi connectivity index (χ0n) is 13.9. The van der Waals surface area contributed by atoms with Crippen LogP contribution in [0.25, 0.3) is 0 Å². The second-order valence-corrected chi connectivity index (χ2v) is 10.6. The number of rotatable bonds is 7. The minimum atomic E-state index is -2.28. The van der Waals surface area contributed by atoms with E-state index in [4.69, 9.17) is 20.9 Å². The van der Waals surface area contributed by atoms with Crippen LogP contribution in [0.15, 0.2) is 30.3 Å². The van der Waals surface area contributed by atoms with Gasteiger partial charge >= 0.3 is 0 Å². The maximum atomic E-state index is 6.21. The van der Waals surface area contributed by atoms with Crippen LogP contribution in [0.2, 0.25) is 0 Å². The average molecular weight is 329 g/mol. The lowest BCUT2D eigenvalue weighted by molar-refractivity contribution is 0.129.